The van der Waals surface area contributed by atoms with Crippen molar-refractivity contribution in [2.24, 2.45) is 0 Å². The molecular weight excluding hydrogens is 288 g/mol. The van der Waals surface area contributed by atoms with E-state index in [-0.39, 0.29) is 37.3 Å². The standard InChI is InChI=1S/C15H22N2O3S/c1-11(5-8-18)16-14(19)2-3-15(20)17-7-4-13-12(10-17)6-9-21-13/h6,9,11,18H,2-5,7-8,10H2,1H3,(H,16,19). The molecule has 1 unspecified atom stereocenters. The van der Waals surface area contributed by atoms with Crippen molar-refractivity contribution in [1.82, 2.24) is 10.2 Å². The maximum absolute atomic E-state index is 12.2. The van der Waals surface area contributed by atoms with Gasteiger partial charge < -0.3 is 15.3 Å². The van der Waals surface area contributed by atoms with Gasteiger partial charge in [0.1, 0.15) is 0 Å². The molecule has 0 saturated heterocycles. The number of rotatable bonds is 6. The molecule has 0 spiro atoms. The smallest absolute Gasteiger partial charge is 0.223 e. The van der Waals surface area contributed by atoms with Crippen LogP contribution < -0.4 is 5.32 Å². The number of carbonyl (C=O) groups excluding carboxylic acids is 2. The minimum atomic E-state index is -0.127. The molecule has 0 fully saturated rings. The Morgan fingerprint density at radius 2 is 2.29 bits per heavy atom. The predicted molar refractivity (Wildman–Crippen MR) is 82.0 cm³/mol. The third kappa shape index (κ3) is 4.54. The summed E-state index contributed by atoms with van der Waals surface area (Å²) in [4.78, 5) is 27.1. The molecule has 116 valence electrons. The Morgan fingerprint density at radius 1 is 1.48 bits per heavy atom. The van der Waals surface area contributed by atoms with E-state index in [1.807, 2.05) is 11.8 Å². The Balaban J connectivity index is 1.74. The van der Waals surface area contributed by atoms with Gasteiger partial charge in [0.2, 0.25) is 11.8 Å². The minimum Gasteiger partial charge on any atom is -0.396 e. The Kier molecular flexibility index (Phi) is 5.76. The van der Waals surface area contributed by atoms with E-state index in [2.05, 4.69) is 16.8 Å². The second-order valence-electron chi connectivity index (χ2n) is 5.42. The van der Waals surface area contributed by atoms with Crippen LogP contribution in [-0.2, 0) is 22.6 Å². The Morgan fingerprint density at radius 3 is 3.05 bits per heavy atom. The van der Waals surface area contributed by atoms with Gasteiger partial charge in [0.05, 0.1) is 0 Å². The van der Waals surface area contributed by atoms with Gasteiger partial charge in [-0.05, 0) is 36.8 Å². The molecule has 0 radical (unpaired) electrons. The highest BCUT2D eigenvalue weighted by atomic mass is 32.1. The molecule has 1 aromatic heterocycles. The van der Waals surface area contributed by atoms with E-state index in [1.54, 1.807) is 11.3 Å². The maximum Gasteiger partial charge on any atom is 0.223 e. The summed E-state index contributed by atoms with van der Waals surface area (Å²) in [5, 5.41) is 13.6. The van der Waals surface area contributed by atoms with Crippen LogP contribution in [0.25, 0.3) is 0 Å². The van der Waals surface area contributed by atoms with Crippen molar-refractivity contribution < 1.29 is 14.7 Å². The van der Waals surface area contributed by atoms with Crippen LogP contribution in [0.15, 0.2) is 11.4 Å². The molecule has 1 atom stereocenters. The summed E-state index contributed by atoms with van der Waals surface area (Å²) in [6, 6.07) is 2.02. The number of carbonyl (C=O) groups is 2. The predicted octanol–water partition coefficient (Wildman–Crippen LogP) is 1.30. The van der Waals surface area contributed by atoms with Gasteiger partial charge in [0, 0.05) is 43.5 Å². The first-order chi connectivity index (χ1) is 10.1. The monoisotopic (exact) mass is 310 g/mol. The topological polar surface area (TPSA) is 69.6 Å². The highest BCUT2D eigenvalue weighted by Crippen LogP contribution is 2.24. The van der Waals surface area contributed by atoms with Crippen LogP contribution in [-0.4, -0.2) is 41.0 Å². The van der Waals surface area contributed by atoms with Crippen molar-refractivity contribution in [2.75, 3.05) is 13.2 Å². The Bertz CT molecular complexity index is 501. The number of amides is 2. The Hall–Kier alpha value is -1.40. The van der Waals surface area contributed by atoms with Crippen molar-refractivity contribution in [1.29, 1.82) is 0 Å². The van der Waals surface area contributed by atoms with Crippen molar-refractivity contribution in [3.05, 3.63) is 21.9 Å². The molecule has 0 bridgehead atoms. The average molecular weight is 310 g/mol. The molecule has 6 heteroatoms. The molecular formula is C15H22N2O3S. The van der Waals surface area contributed by atoms with E-state index < -0.39 is 0 Å². The van der Waals surface area contributed by atoms with E-state index in [0.29, 0.717) is 13.0 Å². The zero-order chi connectivity index (χ0) is 15.2. The zero-order valence-corrected chi connectivity index (χ0v) is 13.1. The zero-order valence-electron chi connectivity index (χ0n) is 12.3. The van der Waals surface area contributed by atoms with Crippen LogP contribution in [0.4, 0.5) is 0 Å². The van der Waals surface area contributed by atoms with Crippen LogP contribution in [0.3, 0.4) is 0 Å². The van der Waals surface area contributed by atoms with Gasteiger partial charge in [-0.25, -0.2) is 0 Å². The van der Waals surface area contributed by atoms with E-state index >= 15 is 0 Å². The molecule has 21 heavy (non-hydrogen) atoms. The average Bonchev–Trinajstić information content (AvgIpc) is 2.92. The molecule has 0 aromatic carbocycles. The fraction of sp³-hybridized carbons (Fsp3) is 0.600. The van der Waals surface area contributed by atoms with Crippen LogP contribution in [0, 0.1) is 0 Å². The van der Waals surface area contributed by atoms with Gasteiger partial charge in [-0.2, -0.15) is 0 Å². The van der Waals surface area contributed by atoms with Crippen molar-refractivity contribution in [3.63, 3.8) is 0 Å². The van der Waals surface area contributed by atoms with Gasteiger partial charge in [-0.3, -0.25) is 9.59 Å². The number of hydrogen-bond donors (Lipinski definition) is 2. The third-order valence-electron chi connectivity index (χ3n) is 3.70. The minimum absolute atomic E-state index is 0.0387. The van der Waals surface area contributed by atoms with Crippen LogP contribution in [0.1, 0.15) is 36.6 Å². The van der Waals surface area contributed by atoms with Gasteiger partial charge in [-0.1, -0.05) is 0 Å². The fourth-order valence-electron chi connectivity index (χ4n) is 2.45. The van der Waals surface area contributed by atoms with Crippen molar-refractivity contribution in [3.8, 4) is 0 Å². The summed E-state index contributed by atoms with van der Waals surface area (Å²) in [5.41, 5.74) is 1.24. The summed E-state index contributed by atoms with van der Waals surface area (Å²) >= 11 is 1.75. The maximum atomic E-state index is 12.2. The molecule has 0 saturated carbocycles. The summed E-state index contributed by atoms with van der Waals surface area (Å²) in [7, 11) is 0. The normalized spacial score (nSPS) is 15.4. The summed E-state index contributed by atoms with van der Waals surface area (Å²) in [6.45, 7) is 3.31. The van der Waals surface area contributed by atoms with E-state index in [9.17, 15) is 9.59 Å². The first kappa shape index (κ1) is 16.0. The first-order valence-corrected chi connectivity index (χ1v) is 8.21. The van der Waals surface area contributed by atoms with Crippen molar-refractivity contribution >= 4 is 23.2 Å². The quantitative estimate of drug-likeness (QED) is 0.832. The van der Waals surface area contributed by atoms with Gasteiger partial charge in [-0.15, -0.1) is 11.3 Å². The first-order valence-electron chi connectivity index (χ1n) is 7.33. The number of aliphatic hydroxyl groups is 1. The summed E-state index contributed by atoms with van der Waals surface area (Å²) in [6.07, 6.45) is 1.91. The second-order valence-corrected chi connectivity index (χ2v) is 6.42. The van der Waals surface area contributed by atoms with Gasteiger partial charge in [0.15, 0.2) is 0 Å². The molecule has 2 amide bonds. The van der Waals surface area contributed by atoms with Gasteiger partial charge >= 0.3 is 0 Å². The second kappa shape index (κ2) is 7.56. The third-order valence-corrected chi connectivity index (χ3v) is 4.72. The van der Waals surface area contributed by atoms with E-state index in [1.165, 1.54) is 10.4 Å². The van der Waals surface area contributed by atoms with Crippen molar-refractivity contribution in [2.45, 2.75) is 45.2 Å². The fourth-order valence-corrected chi connectivity index (χ4v) is 3.34. The Labute approximate surface area is 129 Å². The lowest BCUT2D eigenvalue weighted by molar-refractivity contribution is -0.134. The molecule has 2 N–H and O–H groups in total. The molecule has 2 rings (SSSR count). The molecule has 5 nitrogen and oxygen atoms in total. The van der Waals surface area contributed by atoms with E-state index in [4.69, 9.17) is 5.11 Å². The largest absolute Gasteiger partial charge is 0.396 e. The lowest BCUT2D eigenvalue weighted by atomic mass is 10.1. The number of nitrogens with one attached hydrogen (secondary N) is 1. The highest BCUT2D eigenvalue weighted by molar-refractivity contribution is 7.10. The number of aliphatic hydroxyl groups excluding tert-OH is 1. The molecule has 0 aliphatic carbocycles. The van der Waals surface area contributed by atoms with E-state index in [0.717, 1.165) is 13.0 Å². The summed E-state index contributed by atoms with van der Waals surface area (Å²) < 4.78 is 0. The molecule has 2 heterocycles. The SMILES string of the molecule is CC(CCO)NC(=O)CCC(=O)N1CCc2sccc2C1. The lowest BCUT2D eigenvalue weighted by Gasteiger charge is -2.27. The molecule has 1 aliphatic heterocycles. The molecule has 1 aliphatic rings. The highest BCUT2D eigenvalue weighted by Gasteiger charge is 2.21. The van der Waals surface area contributed by atoms with Crippen LogP contribution in [0.5, 0.6) is 0 Å². The number of thiophene rings is 1. The van der Waals surface area contributed by atoms with Crippen LogP contribution in [0.2, 0.25) is 0 Å². The van der Waals surface area contributed by atoms with Crippen LogP contribution >= 0.6 is 11.3 Å². The number of hydrogen-bond acceptors (Lipinski definition) is 4. The number of nitrogens with zero attached hydrogens (tertiary/aromatic N) is 1. The van der Waals surface area contributed by atoms with Gasteiger partial charge in [0.25, 0.3) is 0 Å². The number of fused-ring (bicyclic) bond motifs is 1. The summed E-state index contributed by atoms with van der Waals surface area (Å²) in [5.74, 6) is -0.0886. The lowest BCUT2D eigenvalue weighted by Crippen LogP contribution is -2.37. The molecule has 1 aromatic rings.